The van der Waals surface area contributed by atoms with Gasteiger partial charge in [-0.2, -0.15) is 0 Å². The number of hydrogen-bond acceptors (Lipinski definition) is 5. The van der Waals surface area contributed by atoms with E-state index in [4.69, 9.17) is 4.74 Å². The molecule has 2 saturated heterocycles. The number of aliphatic imine (C=N–C) groups is 1. The topological polar surface area (TPSA) is 53.9 Å². The van der Waals surface area contributed by atoms with E-state index >= 15 is 0 Å². The number of nitrogens with zero attached hydrogens (tertiary/aromatic N) is 2. The Morgan fingerprint density at radius 2 is 1.88 bits per heavy atom. The highest BCUT2D eigenvalue weighted by molar-refractivity contribution is 8.18. The number of anilines is 1. The van der Waals surface area contributed by atoms with Gasteiger partial charge in [-0.25, -0.2) is 0 Å². The molecule has 1 aliphatic carbocycles. The molecule has 2 heterocycles. The van der Waals surface area contributed by atoms with Gasteiger partial charge >= 0.3 is 0 Å². The van der Waals surface area contributed by atoms with Crippen LogP contribution in [0.15, 0.2) is 34.2 Å². The molecular weight excluding hydrogens is 334 g/mol. The summed E-state index contributed by atoms with van der Waals surface area (Å²) in [6.45, 7) is 3.43. The number of carbonyl (C=O) groups is 1. The lowest BCUT2D eigenvalue weighted by Crippen LogP contribution is -2.36. The van der Waals surface area contributed by atoms with E-state index in [0.29, 0.717) is 6.04 Å². The van der Waals surface area contributed by atoms with Crippen LogP contribution in [0.25, 0.3) is 6.08 Å². The molecule has 1 aromatic carbocycles. The summed E-state index contributed by atoms with van der Waals surface area (Å²) in [5.41, 5.74) is 2.24. The molecule has 0 radical (unpaired) electrons. The van der Waals surface area contributed by atoms with E-state index in [-0.39, 0.29) is 5.91 Å². The molecule has 0 unspecified atom stereocenters. The Morgan fingerprint density at radius 3 is 2.60 bits per heavy atom. The fraction of sp³-hybridized carbons (Fsp3) is 0.474. The molecule has 1 aromatic rings. The number of rotatable bonds is 3. The molecule has 1 N–H and O–H groups in total. The first kappa shape index (κ1) is 16.7. The van der Waals surface area contributed by atoms with Gasteiger partial charge in [-0.15, -0.1) is 0 Å². The van der Waals surface area contributed by atoms with Gasteiger partial charge in [0.1, 0.15) is 0 Å². The lowest BCUT2D eigenvalue weighted by molar-refractivity contribution is -0.115. The molecule has 0 atom stereocenters. The van der Waals surface area contributed by atoms with Gasteiger partial charge in [-0.3, -0.25) is 9.79 Å². The van der Waals surface area contributed by atoms with Crippen LogP contribution in [0.4, 0.5) is 5.69 Å². The lowest BCUT2D eigenvalue weighted by Gasteiger charge is -2.28. The fourth-order valence-electron chi connectivity index (χ4n) is 3.44. The fourth-order valence-corrected chi connectivity index (χ4v) is 4.33. The minimum Gasteiger partial charge on any atom is -0.378 e. The van der Waals surface area contributed by atoms with Crippen molar-refractivity contribution in [2.75, 3.05) is 31.2 Å². The maximum absolute atomic E-state index is 12.2. The number of hydrogen-bond donors (Lipinski definition) is 1. The molecule has 2 aliphatic heterocycles. The number of carbonyl (C=O) groups excluding carboxylic acids is 1. The number of ether oxygens (including phenoxy) is 1. The Bertz CT molecular complexity index is 687. The normalized spacial score (nSPS) is 25.1. The third-order valence-corrected chi connectivity index (χ3v) is 5.77. The minimum atomic E-state index is -0.0426. The molecule has 0 bridgehead atoms. The summed E-state index contributed by atoms with van der Waals surface area (Å²) in [6, 6.07) is 8.75. The molecule has 4 rings (SSSR count). The zero-order valence-electron chi connectivity index (χ0n) is 14.2. The van der Waals surface area contributed by atoms with Crippen LogP contribution in [-0.4, -0.2) is 43.4 Å². The van der Waals surface area contributed by atoms with E-state index < -0.39 is 0 Å². The first-order valence-electron chi connectivity index (χ1n) is 8.99. The lowest BCUT2D eigenvalue weighted by atomic mass is 10.1. The summed E-state index contributed by atoms with van der Waals surface area (Å²) in [5.74, 6) is -0.0426. The average molecular weight is 357 g/mol. The van der Waals surface area contributed by atoms with Crippen molar-refractivity contribution in [2.24, 2.45) is 4.99 Å². The number of nitrogens with one attached hydrogen (secondary N) is 1. The maximum atomic E-state index is 12.2. The number of amidine groups is 1. The molecule has 1 saturated carbocycles. The number of benzene rings is 1. The second-order valence-electron chi connectivity index (χ2n) is 6.63. The Morgan fingerprint density at radius 1 is 1.16 bits per heavy atom. The van der Waals surface area contributed by atoms with Gasteiger partial charge in [0, 0.05) is 18.8 Å². The molecule has 3 fully saturated rings. The monoisotopic (exact) mass is 357 g/mol. The molecule has 0 spiro atoms. The second kappa shape index (κ2) is 7.62. The highest BCUT2D eigenvalue weighted by atomic mass is 32.2. The van der Waals surface area contributed by atoms with E-state index in [0.717, 1.165) is 54.8 Å². The summed E-state index contributed by atoms with van der Waals surface area (Å²) < 4.78 is 5.39. The summed E-state index contributed by atoms with van der Waals surface area (Å²) in [7, 11) is 0. The standard InChI is InChI=1S/C19H23N3O2S/c23-18-17(25-19(21-18)20-15-3-1-2-4-15)13-14-5-7-16(8-6-14)22-9-11-24-12-10-22/h5-8,13,15H,1-4,9-12H2,(H,20,21,23)/b17-13+. The van der Waals surface area contributed by atoms with Gasteiger partial charge in [-0.05, 0) is 48.4 Å². The molecule has 5 nitrogen and oxygen atoms in total. The van der Waals surface area contributed by atoms with Crippen LogP contribution >= 0.6 is 11.8 Å². The van der Waals surface area contributed by atoms with Crippen LogP contribution in [0.5, 0.6) is 0 Å². The van der Waals surface area contributed by atoms with Crippen molar-refractivity contribution >= 4 is 34.6 Å². The summed E-state index contributed by atoms with van der Waals surface area (Å²) in [6.07, 6.45) is 6.72. The van der Waals surface area contributed by atoms with Crippen LogP contribution < -0.4 is 10.2 Å². The predicted octanol–water partition coefficient (Wildman–Crippen LogP) is 3.03. The molecule has 25 heavy (non-hydrogen) atoms. The van der Waals surface area contributed by atoms with Crippen LogP contribution in [0.3, 0.4) is 0 Å². The maximum Gasteiger partial charge on any atom is 0.264 e. The summed E-state index contributed by atoms with van der Waals surface area (Å²) >= 11 is 1.46. The zero-order valence-corrected chi connectivity index (χ0v) is 15.1. The molecule has 0 aromatic heterocycles. The van der Waals surface area contributed by atoms with Crippen molar-refractivity contribution in [3.05, 3.63) is 34.7 Å². The second-order valence-corrected chi connectivity index (χ2v) is 7.66. The minimum absolute atomic E-state index is 0.0426. The van der Waals surface area contributed by atoms with E-state index in [9.17, 15) is 4.79 Å². The van der Waals surface area contributed by atoms with Crippen molar-refractivity contribution < 1.29 is 9.53 Å². The van der Waals surface area contributed by atoms with Crippen LogP contribution in [0.1, 0.15) is 31.2 Å². The third-order valence-electron chi connectivity index (χ3n) is 4.84. The number of thioether (sulfide) groups is 1. The first-order valence-corrected chi connectivity index (χ1v) is 9.81. The van der Waals surface area contributed by atoms with Crippen LogP contribution in [0, 0.1) is 0 Å². The van der Waals surface area contributed by atoms with Crippen molar-refractivity contribution in [3.63, 3.8) is 0 Å². The van der Waals surface area contributed by atoms with Crippen molar-refractivity contribution in [1.29, 1.82) is 0 Å². The largest absolute Gasteiger partial charge is 0.378 e. The first-order chi connectivity index (χ1) is 12.3. The quantitative estimate of drug-likeness (QED) is 0.845. The molecule has 132 valence electrons. The third kappa shape index (κ3) is 4.07. The van der Waals surface area contributed by atoms with E-state index in [1.165, 1.54) is 30.3 Å². The van der Waals surface area contributed by atoms with Crippen molar-refractivity contribution in [2.45, 2.75) is 31.7 Å². The van der Waals surface area contributed by atoms with E-state index in [1.54, 1.807) is 0 Å². The summed E-state index contributed by atoms with van der Waals surface area (Å²) in [4.78, 5) is 19.9. The molecule has 6 heteroatoms. The van der Waals surface area contributed by atoms with Crippen molar-refractivity contribution in [3.8, 4) is 0 Å². The zero-order chi connectivity index (χ0) is 17.1. The highest BCUT2D eigenvalue weighted by Crippen LogP contribution is 2.29. The van der Waals surface area contributed by atoms with Gasteiger partial charge in [0.2, 0.25) is 0 Å². The van der Waals surface area contributed by atoms with Crippen LogP contribution in [0.2, 0.25) is 0 Å². The van der Waals surface area contributed by atoms with E-state index in [1.807, 2.05) is 6.08 Å². The molecule has 3 aliphatic rings. The Hall–Kier alpha value is -1.79. The van der Waals surface area contributed by atoms with Crippen LogP contribution in [-0.2, 0) is 9.53 Å². The Labute approximate surface area is 152 Å². The summed E-state index contributed by atoms with van der Waals surface area (Å²) in [5, 5.41) is 3.66. The van der Waals surface area contributed by atoms with Gasteiger partial charge in [0.25, 0.3) is 5.91 Å². The van der Waals surface area contributed by atoms with Gasteiger partial charge in [0.15, 0.2) is 5.17 Å². The number of amides is 1. The Kier molecular flexibility index (Phi) is 5.08. The SMILES string of the molecule is O=C1NC(=NC2CCCC2)S/C1=C/c1ccc(N2CCOCC2)cc1. The molecule has 1 amide bonds. The van der Waals surface area contributed by atoms with Gasteiger partial charge in [-0.1, -0.05) is 25.0 Å². The van der Waals surface area contributed by atoms with Gasteiger partial charge < -0.3 is 15.0 Å². The van der Waals surface area contributed by atoms with Gasteiger partial charge in [0.05, 0.1) is 24.2 Å². The van der Waals surface area contributed by atoms with Crippen molar-refractivity contribution in [1.82, 2.24) is 5.32 Å². The average Bonchev–Trinajstić information content (AvgIpc) is 3.27. The Balaban J connectivity index is 1.44. The van der Waals surface area contributed by atoms with E-state index in [2.05, 4.69) is 39.5 Å². The predicted molar refractivity (Wildman–Crippen MR) is 103 cm³/mol. The smallest absolute Gasteiger partial charge is 0.264 e. The highest BCUT2D eigenvalue weighted by Gasteiger charge is 2.25. The molecular formula is C19H23N3O2S. The number of morpholine rings is 1.